The highest BCUT2D eigenvalue weighted by molar-refractivity contribution is 5.46. The fourth-order valence-corrected chi connectivity index (χ4v) is 2.16. The number of nitrogen functional groups attached to an aromatic ring is 1. The number of nitrogens with zero attached hydrogens (tertiary/aromatic N) is 1. The van der Waals surface area contributed by atoms with Crippen LogP contribution in [-0.4, -0.2) is 4.98 Å². The summed E-state index contributed by atoms with van der Waals surface area (Å²) >= 11 is 0. The molecule has 0 aliphatic carbocycles. The molecule has 1 heterocycles. The molecule has 0 aliphatic heterocycles. The van der Waals surface area contributed by atoms with Gasteiger partial charge < -0.3 is 5.73 Å². The van der Waals surface area contributed by atoms with Crippen molar-refractivity contribution in [2.24, 2.45) is 0 Å². The summed E-state index contributed by atoms with van der Waals surface area (Å²) in [6.07, 6.45) is 11.4. The first-order valence-corrected chi connectivity index (χ1v) is 6.49. The van der Waals surface area contributed by atoms with Gasteiger partial charge in [0.2, 0.25) is 0 Å². The number of hydrogen-bond donors (Lipinski definition) is 1. The zero-order valence-electron chi connectivity index (χ0n) is 10.6. The molecular formula is C14H24N2. The van der Waals surface area contributed by atoms with E-state index in [1.807, 2.05) is 12.3 Å². The molecule has 0 aliphatic rings. The second kappa shape index (κ2) is 7.26. The topological polar surface area (TPSA) is 38.9 Å². The molecule has 1 unspecified atom stereocenters. The Kier molecular flexibility index (Phi) is 5.91. The van der Waals surface area contributed by atoms with Crippen molar-refractivity contribution in [1.82, 2.24) is 4.98 Å². The van der Waals surface area contributed by atoms with Gasteiger partial charge in [-0.05, 0) is 30.4 Å². The van der Waals surface area contributed by atoms with Gasteiger partial charge >= 0.3 is 0 Å². The molecule has 2 N–H and O–H groups in total. The van der Waals surface area contributed by atoms with Gasteiger partial charge in [-0.3, -0.25) is 4.98 Å². The smallest absolute Gasteiger partial charge is 0.0380 e. The summed E-state index contributed by atoms with van der Waals surface area (Å²) in [5.41, 5.74) is 8.13. The van der Waals surface area contributed by atoms with E-state index in [0.717, 1.165) is 12.1 Å². The summed E-state index contributed by atoms with van der Waals surface area (Å²) in [5.74, 6) is 0.588. The minimum absolute atomic E-state index is 0.588. The quantitative estimate of drug-likeness (QED) is 0.702. The van der Waals surface area contributed by atoms with E-state index >= 15 is 0 Å². The molecule has 90 valence electrons. The molecule has 0 aromatic carbocycles. The van der Waals surface area contributed by atoms with Gasteiger partial charge in [0, 0.05) is 18.1 Å². The fourth-order valence-electron chi connectivity index (χ4n) is 2.16. The summed E-state index contributed by atoms with van der Waals surface area (Å²) < 4.78 is 0. The van der Waals surface area contributed by atoms with Crippen molar-refractivity contribution in [3.05, 3.63) is 24.0 Å². The Labute approximate surface area is 99.3 Å². The van der Waals surface area contributed by atoms with Crippen molar-refractivity contribution in [1.29, 1.82) is 0 Å². The second-order valence-electron chi connectivity index (χ2n) is 4.46. The molecule has 2 nitrogen and oxygen atoms in total. The van der Waals surface area contributed by atoms with E-state index < -0.39 is 0 Å². The molecule has 16 heavy (non-hydrogen) atoms. The molecule has 0 saturated carbocycles. The van der Waals surface area contributed by atoms with Crippen molar-refractivity contribution in [3.8, 4) is 0 Å². The first kappa shape index (κ1) is 13.0. The van der Waals surface area contributed by atoms with E-state index in [2.05, 4.69) is 18.8 Å². The minimum atomic E-state index is 0.588. The molecular weight excluding hydrogens is 196 g/mol. The Morgan fingerprint density at radius 3 is 2.69 bits per heavy atom. The van der Waals surface area contributed by atoms with Crippen molar-refractivity contribution in [3.63, 3.8) is 0 Å². The highest BCUT2D eigenvalue weighted by Gasteiger charge is 2.11. The number of rotatable bonds is 7. The Hall–Kier alpha value is -1.05. The Bertz CT molecular complexity index is 297. The highest BCUT2D eigenvalue weighted by atomic mass is 14.7. The van der Waals surface area contributed by atoms with E-state index in [0.29, 0.717) is 5.92 Å². The van der Waals surface area contributed by atoms with Crippen molar-refractivity contribution < 1.29 is 0 Å². The second-order valence-corrected chi connectivity index (χ2v) is 4.46. The normalized spacial score (nSPS) is 12.6. The van der Waals surface area contributed by atoms with Crippen LogP contribution in [0.1, 0.15) is 63.9 Å². The van der Waals surface area contributed by atoms with Crippen LogP contribution in [0, 0.1) is 0 Å². The average Bonchev–Trinajstić information content (AvgIpc) is 2.31. The maximum Gasteiger partial charge on any atom is 0.0380 e. The van der Waals surface area contributed by atoms with Crippen molar-refractivity contribution in [2.75, 3.05) is 5.73 Å². The molecule has 0 radical (unpaired) electrons. The third kappa shape index (κ3) is 3.84. The number of nitrogens with two attached hydrogens (primary N) is 1. The summed E-state index contributed by atoms with van der Waals surface area (Å²) in [6, 6.07) is 1.91. The van der Waals surface area contributed by atoms with Crippen LogP contribution in [0.3, 0.4) is 0 Å². The lowest BCUT2D eigenvalue weighted by atomic mass is 9.91. The average molecular weight is 220 g/mol. The highest BCUT2D eigenvalue weighted by Crippen LogP contribution is 2.29. The molecule has 0 saturated heterocycles. The summed E-state index contributed by atoms with van der Waals surface area (Å²) in [6.45, 7) is 4.48. The third-order valence-corrected chi connectivity index (χ3v) is 3.23. The Morgan fingerprint density at radius 1 is 1.25 bits per heavy atom. The van der Waals surface area contributed by atoms with Crippen LogP contribution < -0.4 is 5.73 Å². The lowest BCUT2D eigenvalue weighted by Crippen LogP contribution is -2.02. The fraction of sp³-hybridized carbons (Fsp3) is 0.643. The maximum absolute atomic E-state index is 5.99. The molecule has 1 aromatic heterocycles. The van der Waals surface area contributed by atoms with Gasteiger partial charge in [-0.2, -0.15) is 0 Å². The predicted molar refractivity (Wildman–Crippen MR) is 70.4 cm³/mol. The van der Waals surface area contributed by atoms with E-state index in [4.69, 9.17) is 5.73 Å². The number of anilines is 1. The van der Waals surface area contributed by atoms with Crippen LogP contribution in [0.4, 0.5) is 5.69 Å². The van der Waals surface area contributed by atoms with Crippen LogP contribution in [-0.2, 0) is 0 Å². The van der Waals surface area contributed by atoms with Crippen LogP contribution in [0.25, 0.3) is 0 Å². The molecule has 1 aromatic rings. The van der Waals surface area contributed by atoms with Gasteiger partial charge in [-0.25, -0.2) is 0 Å². The lowest BCUT2D eigenvalue weighted by molar-refractivity contribution is 0.542. The van der Waals surface area contributed by atoms with E-state index in [9.17, 15) is 0 Å². The van der Waals surface area contributed by atoms with Crippen LogP contribution in [0.15, 0.2) is 18.5 Å². The van der Waals surface area contributed by atoms with Gasteiger partial charge in [-0.1, -0.05) is 39.5 Å². The zero-order valence-corrected chi connectivity index (χ0v) is 10.6. The number of pyridine rings is 1. The zero-order chi connectivity index (χ0) is 11.8. The van der Waals surface area contributed by atoms with Crippen LogP contribution >= 0.6 is 0 Å². The number of hydrogen-bond acceptors (Lipinski definition) is 2. The summed E-state index contributed by atoms with van der Waals surface area (Å²) in [5, 5.41) is 0. The third-order valence-electron chi connectivity index (χ3n) is 3.23. The van der Waals surface area contributed by atoms with Gasteiger partial charge in [0.15, 0.2) is 0 Å². The van der Waals surface area contributed by atoms with Crippen LogP contribution in [0.2, 0.25) is 0 Å². The Balaban J connectivity index is 2.51. The largest absolute Gasteiger partial charge is 0.398 e. The van der Waals surface area contributed by atoms with Crippen LogP contribution in [0.5, 0.6) is 0 Å². The molecule has 2 heteroatoms. The van der Waals surface area contributed by atoms with Crippen molar-refractivity contribution >= 4 is 5.69 Å². The predicted octanol–water partition coefficient (Wildman–Crippen LogP) is 4.13. The monoisotopic (exact) mass is 220 g/mol. The number of aromatic nitrogens is 1. The lowest BCUT2D eigenvalue weighted by Gasteiger charge is -2.16. The first-order chi connectivity index (χ1) is 7.79. The van der Waals surface area contributed by atoms with Gasteiger partial charge in [-0.15, -0.1) is 0 Å². The van der Waals surface area contributed by atoms with E-state index in [1.165, 1.54) is 37.7 Å². The standard InChI is InChI=1S/C14H24N2/c1-3-5-6-7-8-12(4-2)13-11-16-10-9-14(13)15/h9-12H,3-8H2,1-2H3,(H2,15,16). The molecule has 0 amide bonds. The molecule has 0 bridgehead atoms. The molecule has 0 fully saturated rings. The summed E-state index contributed by atoms with van der Waals surface area (Å²) in [4.78, 5) is 4.18. The minimum Gasteiger partial charge on any atom is -0.398 e. The summed E-state index contributed by atoms with van der Waals surface area (Å²) in [7, 11) is 0. The molecule has 1 rings (SSSR count). The number of unbranched alkanes of at least 4 members (excludes halogenated alkanes) is 3. The van der Waals surface area contributed by atoms with Gasteiger partial charge in [0.25, 0.3) is 0 Å². The van der Waals surface area contributed by atoms with Gasteiger partial charge in [0.05, 0.1) is 0 Å². The first-order valence-electron chi connectivity index (χ1n) is 6.49. The van der Waals surface area contributed by atoms with Gasteiger partial charge in [0.1, 0.15) is 0 Å². The van der Waals surface area contributed by atoms with Crippen molar-refractivity contribution in [2.45, 2.75) is 58.3 Å². The Morgan fingerprint density at radius 2 is 2.06 bits per heavy atom. The van der Waals surface area contributed by atoms with E-state index in [-0.39, 0.29) is 0 Å². The maximum atomic E-state index is 5.99. The van der Waals surface area contributed by atoms with E-state index in [1.54, 1.807) is 6.20 Å². The SMILES string of the molecule is CCCCCCC(CC)c1cnccc1N. The molecule has 0 spiro atoms. The molecule has 1 atom stereocenters.